The van der Waals surface area contributed by atoms with Gasteiger partial charge in [-0.05, 0) is 13.0 Å². The summed E-state index contributed by atoms with van der Waals surface area (Å²) in [6.07, 6.45) is 0. The van der Waals surface area contributed by atoms with Crippen LogP contribution < -0.4 is 10.6 Å². The highest BCUT2D eigenvalue weighted by atomic mass is 16.6. The summed E-state index contributed by atoms with van der Waals surface area (Å²) in [4.78, 5) is 12.0. The number of nitrogens with zero attached hydrogens (tertiary/aromatic N) is 2. The van der Waals surface area contributed by atoms with Gasteiger partial charge in [-0.25, -0.2) is 0 Å². The number of aliphatic hydroxyl groups is 2. The van der Waals surface area contributed by atoms with E-state index in [0.717, 1.165) is 0 Å². The monoisotopic (exact) mass is 255 g/mol. The minimum atomic E-state index is -0.524. The third kappa shape index (κ3) is 2.88. The second-order valence-electron chi connectivity index (χ2n) is 3.86. The molecule has 18 heavy (non-hydrogen) atoms. The van der Waals surface area contributed by atoms with Crippen molar-refractivity contribution in [3.8, 4) is 0 Å². The van der Waals surface area contributed by atoms with Crippen LogP contribution in [0.1, 0.15) is 5.56 Å². The van der Waals surface area contributed by atoms with Crippen LogP contribution in [0.15, 0.2) is 12.1 Å². The van der Waals surface area contributed by atoms with Gasteiger partial charge in [0.25, 0.3) is 5.69 Å². The molecule has 0 saturated heterocycles. The van der Waals surface area contributed by atoms with E-state index in [9.17, 15) is 10.1 Å². The normalized spacial score (nSPS) is 10.4. The minimum Gasteiger partial charge on any atom is -0.395 e. The lowest BCUT2D eigenvalue weighted by Crippen LogP contribution is -2.30. The third-order valence-electron chi connectivity index (χ3n) is 2.66. The average molecular weight is 255 g/mol. The van der Waals surface area contributed by atoms with Gasteiger partial charge in [-0.15, -0.1) is 0 Å². The lowest BCUT2D eigenvalue weighted by Gasteiger charge is -2.24. The van der Waals surface area contributed by atoms with Gasteiger partial charge < -0.3 is 20.8 Å². The number of aryl methyl sites for hydroxylation is 1. The zero-order chi connectivity index (χ0) is 13.7. The van der Waals surface area contributed by atoms with Crippen LogP contribution in [0.4, 0.5) is 17.1 Å². The molecule has 0 saturated carbocycles. The summed E-state index contributed by atoms with van der Waals surface area (Å²) in [7, 11) is 0. The first-order valence-electron chi connectivity index (χ1n) is 5.53. The second kappa shape index (κ2) is 6.18. The molecule has 1 aromatic carbocycles. The molecular formula is C11H17N3O4. The maximum Gasteiger partial charge on any atom is 0.297 e. The van der Waals surface area contributed by atoms with Gasteiger partial charge in [-0.1, -0.05) is 6.07 Å². The first-order valence-corrected chi connectivity index (χ1v) is 5.53. The summed E-state index contributed by atoms with van der Waals surface area (Å²) in [6, 6.07) is 3.26. The van der Waals surface area contributed by atoms with Crippen molar-refractivity contribution in [3.63, 3.8) is 0 Å². The molecule has 0 unspecified atom stereocenters. The molecule has 7 nitrogen and oxygen atoms in total. The van der Waals surface area contributed by atoms with Gasteiger partial charge in [-0.2, -0.15) is 0 Å². The highest BCUT2D eigenvalue weighted by Gasteiger charge is 2.21. The molecule has 0 aliphatic rings. The molecule has 0 heterocycles. The number of hydrogen-bond donors (Lipinski definition) is 3. The Morgan fingerprint density at radius 1 is 1.33 bits per heavy atom. The van der Waals surface area contributed by atoms with Crippen LogP contribution in [0.25, 0.3) is 0 Å². The van der Waals surface area contributed by atoms with E-state index in [4.69, 9.17) is 15.9 Å². The Labute approximate surface area is 105 Å². The Hall–Kier alpha value is -1.86. The van der Waals surface area contributed by atoms with Crippen molar-refractivity contribution in [2.75, 3.05) is 36.9 Å². The standard InChI is InChI=1S/C11H17N3O4/c1-8-2-3-9(10(12)11(8)14(17)18)13(4-6-15)5-7-16/h2-3,15-16H,4-7,12H2,1H3. The number of nitrogens with two attached hydrogens (primary N) is 1. The topological polar surface area (TPSA) is 113 Å². The Bertz CT molecular complexity index is 431. The van der Waals surface area contributed by atoms with E-state index in [-0.39, 0.29) is 37.7 Å². The predicted octanol–water partition coefficient (Wildman–Crippen LogP) is 0.276. The van der Waals surface area contributed by atoms with Gasteiger partial charge in [0.2, 0.25) is 0 Å². The SMILES string of the molecule is Cc1ccc(N(CCO)CCO)c(N)c1[N+](=O)[O-]. The molecular weight excluding hydrogens is 238 g/mol. The van der Waals surface area contributed by atoms with Crippen molar-refractivity contribution >= 4 is 17.1 Å². The van der Waals surface area contributed by atoms with Crippen molar-refractivity contribution in [2.24, 2.45) is 0 Å². The molecule has 7 heteroatoms. The minimum absolute atomic E-state index is 0.0573. The van der Waals surface area contributed by atoms with Crippen LogP contribution in [0, 0.1) is 17.0 Å². The molecule has 0 atom stereocenters. The van der Waals surface area contributed by atoms with Crippen molar-refractivity contribution in [3.05, 3.63) is 27.8 Å². The van der Waals surface area contributed by atoms with Crippen molar-refractivity contribution in [1.29, 1.82) is 0 Å². The number of anilines is 2. The largest absolute Gasteiger partial charge is 0.395 e. The van der Waals surface area contributed by atoms with E-state index in [0.29, 0.717) is 11.3 Å². The van der Waals surface area contributed by atoms with Crippen LogP contribution >= 0.6 is 0 Å². The molecule has 1 aromatic rings. The maximum absolute atomic E-state index is 10.9. The second-order valence-corrected chi connectivity index (χ2v) is 3.86. The van der Waals surface area contributed by atoms with E-state index in [1.54, 1.807) is 24.0 Å². The number of nitrogen functional groups attached to an aromatic ring is 1. The molecule has 0 fully saturated rings. The maximum atomic E-state index is 10.9. The quantitative estimate of drug-likeness (QED) is 0.382. The van der Waals surface area contributed by atoms with Crippen LogP contribution in [-0.2, 0) is 0 Å². The van der Waals surface area contributed by atoms with Crippen LogP contribution in [0.5, 0.6) is 0 Å². The number of nitro groups is 1. The van der Waals surface area contributed by atoms with E-state index in [1.807, 2.05) is 0 Å². The Morgan fingerprint density at radius 3 is 2.33 bits per heavy atom. The van der Waals surface area contributed by atoms with Gasteiger partial charge in [0.05, 0.1) is 23.8 Å². The summed E-state index contributed by atoms with van der Waals surface area (Å²) in [5.41, 5.74) is 6.66. The Balaban J connectivity index is 3.23. The molecule has 0 bridgehead atoms. The molecule has 100 valence electrons. The molecule has 0 spiro atoms. The summed E-state index contributed by atoms with van der Waals surface area (Å²) in [5.74, 6) is 0. The van der Waals surface area contributed by atoms with Gasteiger partial charge >= 0.3 is 0 Å². The fourth-order valence-electron chi connectivity index (χ4n) is 1.82. The number of rotatable bonds is 6. The van der Waals surface area contributed by atoms with Gasteiger partial charge in [0.15, 0.2) is 0 Å². The zero-order valence-corrected chi connectivity index (χ0v) is 10.2. The van der Waals surface area contributed by atoms with Crippen LogP contribution in [0.3, 0.4) is 0 Å². The molecule has 1 rings (SSSR count). The predicted molar refractivity (Wildman–Crippen MR) is 68.6 cm³/mol. The molecule has 0 amide bonds. The summed E-state index contributed by atoms with van der Waals surface area (Å²) < 4.78 is 0. The number of benzene rings is 1. The fourth-order valence-corrected chi connectivity index (χ4v) is 1.82. The first-order chi connectivity index (χ1) is 8.52. The van der Waals surface area contributed by atoms with Crippen molar-refractivity contribution < 1.29 is 15.1 Å². The smallest absolute Gasteiger partial charge is 0.297 e. The van der Waals surface area contributed by atoms with Crippen molar-refractivity contribution in [2.45, 2.75) is 6.92 Å². The average Bonchev–Trinajstić information content (AvgIpc) is 2.28. The molecule has 0 aliphatic heterocycles. The van der Waals surface area contributed by atoms with Gasteiger partial charge in [0, 0.05) is 18.7 Å². The van der Waals surface area contributed by atoms with E-state index >= 15 is 0 Å². The molecule has 0 aliphatic carbocycles. The molecule has 0 radical (unpaired) electrons. The fraction of sp³-hybridized carbons (Fsp3) is 0.455. The summed E-state index contributed by atoms with van der Waals surface area (Å²) >= 11 is 0. The zero-order valence-electron chi connectivity index (χ0n) is 10.2. The number of aliphatic hydroxyl groups excluding tert-OH is 2. The van der Waals surface area contributed by atoms with Crippen LogP contribution in [-0.4, -0.2) is 41.4 Å². The molecule has 4 N–H and O–H groups in total. The van der Waals surface area contributed by atoms with E-state index in [1.165, 1.54) is 0 Å². The first kappa shape index (κ1) is 14.2. The number of hydrogen-bond acceptors (Lipinski definition) is 6. The van der Waals surface area contributed by atoms with Crippen molar-refractivity contribution in [1.82, 2.24) is 0 Å². The van der Waals surface area contributed by atoms with E-state index < -0.39 is 4.92 Å². The third-order valence-corrected chi connectivity index (χ3v) is 2.66. The Kier molecular flexibility index (Phi) is 4.87. The van der Waals surface area contributed by atoms with Gasteiger partial charge in [-0.3, -0.25) is 10.1 Å². The highest BCUT2D eigenvalue weighted by molar-refractivity contribution is 5.79. The molecule has 0 aromatic heterocycles. The summed E-state index contributed by atoms with van der Waals surface area (Å²) in [5, 5.41) is 28.8. The Morgan fingerprint density at radius 2 is 1.89 bits per heavy atom. The van der Waals surface area contributed by atoms with Gasteiger partial charge in [0.1, 0.15) is 5.69 Å². The van der Waals surface area contributed by atoms with E-state index in [2.05, 4.69) is 0 Å². The lowest BCUT2D eigenvalue weighted by molar-refractivity contribution is -0.384. The highest BCUT2D eigenvalue weighted by Crippen LogP contribution is 2.34. The summed E-state index contributed by atoms with van der Waals surface area (Å²) in [6.45, 7) is 1.87. The number of nitro benzene ring substituents is 1. The van der Waals surface area contributed by atoms with Crippen LogP contribution in [0.2, 0.25) is 0 Å². The lowest BCUT2D eigenvalue weighted by atomic mass is 10.1.